The van der Waals surface area contributed by atoms with Crippen LogP contribution in [0.5, 0.6) is 0 Å². The average molecular weight is 432 g/mol. The molecule has 0 bridgehead atoms. The van der Waals surface area contributed by atoms with Crippen molar-refractivity contribution in [3.8, 4) is 0 Å². The minimum atomic E-state index is -3.08. The highest BCUT2D eigenvalue weighted by Crippen LogP contribution is 2.19. The quantitative estimate of drug-likeness (QED) is 0.383. The van der Waals surface area contributed by atoms with Gasteiger partial charge < -0.3 is 15.4 Å². The van der Waals surface area contributed by atoms with Crippen LogP contribution >= 0.6 is 24.0 Å². The fourth-order valence-electron chi connectivity index (χ4n) is 2.60. The molecular weight excluding hydrogens is 407 g/mol. The lowest BCUT2D eigenvalue weighted by atomic mass is 10.1. The number of hydrogen-bond acceptors (Lipinski definition) is 4. The van der Waals surface area contributed by atoms with Gasteiger partial charge in [-0.05, 0) is 19.3 Å². The third-order valence-electron chi connectivity index (χ3n) is 3.79. The van der Waals surface area contributed by atoms with E-state index in [1.807, 2.05) is 11.8 Å². The van der Waals surface area contributed by atoms with Crippen LogP contribution < -0.4 is 5.73 Å². The average Bonchev–Trinajstić information content (AvgIpc) is 2.84. The lowest BCUT2D eigenvalue weighted by Crippen LogP contribution is -2.48. The van der Waals surface area contributed by atoms with Gasteiger partial charge in [0.05, 0.1) is 19.0 Å². The predicted octanol–water partition coefficient (Wildman–Crippen LogP) is -0.0787. The number of rotatable bonds is 3. The largest absolute Gasteiger partial charge is 0.375 e. The molecule has 2 unspecified atom stereocenters. The van der Waals surface area contributed by atoms with Crippen LogP contribution in [0.3, 0.4) is 0 Å². The van der Waals surface area contributed by atoms with Gasteiger partial charge in [0.1, 0.15) is 0 Å². The second-order valence-electron chi connectivity index (χ2n) is 5.60. The molecule has 9 heteroatoms. The molecule has 0 saturated carbocycles. The van der Waals surface area contributed by atoms with E-state index in [9.17, 15) is 8.42 Å². The molecule has 2 atom stereocenters. The van der Waals surface area contributed by atoms with Gasteiger partial charge in [-0.3, -0.25) is 4.99 Å². The Labute approximate surface area is 144 Å². The van der Waals surface area contributed by atoms with Gasteiger partial charge in [0, 0.05) is 32.7 Å². The highest BCUT2D eigenvalue weighted by atomic mass is 127. The molecule has 0 radical (unpaired) electrons. The van der Waals surface area contributed by atoms with Gasteiger partial charge in [-0.15, -0.1) is 24.0 Å². The van der Waals surface area contributed by atoms with Gasteiger partial charge in [0.2, 0.25) is 10.0 Å². The van der Waals surface area contributed by atoms with Crippen LogP contribution in [0.25, 0.3) is 0 Å². The summed E-state index contributed by atoms with van der Waals surface area (Å²) in [7, 11) is -3.08. The van der Waals surface area contributed by atoms with Crippen molar-refractivity contribution in [3.63, 3.8) is 0 Å². The van der Waals surface area contributed by atoms with Crippen molar-refractivity contribution in [2.75, 3.05) is 45.6 Å². The molecular formula is C12H25IN4O3S. The number of ether oxygens (including phenoxy) is 1. The van der Waals surface area contributed by atoms with Gasteiger partial charge >= 0.3 is 0 Å². The molecule has 0 amide bonds. The van der Waals surface area contributed by atoms with Crippen molar-refractivity contribution >= 4 is 40.0 Å². The number of guanidine groups is 1. The first-order valence-electron chi connectivity index (χ1n) is 6.98. The summed E-state index contributed by atoms with van der Waals surface area (Å²) in [6, 6.07) is 0. The van der Waals surface area contributed by atoms with E-state index in [2.05, 4.69) is 4.99 Å². The van der Waals surface area contributed by atoms with E-state index in [1.165, 1.54) is 10.6 Å². The van der Waals surface area contributed by atoms with Crippen LogP contribution in [-0.4, -0.2) is 75.3 Å². The first-order chi connectivity index (χ1) is 9.36. The van der Waals surface area contributed by atoms with Crippen molar-refractivity contribution in [1.82, 2.24) is 9.21 Å². The zero-order valence-electron chi connectivity index (χ0n) is 12.6. The Morgan fingerprint density at radius 2 is 2.10 bits per heavy atom. The van der Waals surface area contributed by atoms with Crippen LogP contribution in [0, 0.1) is 5.92 Å². The first kappa shape index (κ1) is 18.9. The zero-order chi connectivity index (χ0) is 14.8. The van der Waals surface area contributed by atoms with E-state index < -0.39 is 10.0 Å². The first-order valence-corrected chi connectivity index (χ1v) is 8.82. The van der Waals surface area contributed by atoms with Gasteiger partial charge in [0.15, 0.2) is 5.96 Å². The lowest BCUT2D eigenvalue weighted by Gasteiger charge is -2.32. The molecule has 0 aromatic rings. The molecule has 2 aliphatic rings. The Kier molecular flexibility index (Phi) is 7.14. The second kappa shape index (κ2) is 7.93. The molecule has 0 aliphatic carbocycles. The topological polar surface area (TPSA) is 88.2 Å². The summed E-state index contributed by atoms with van der Waals surface area (Å²) in [5.74, 6) is 0.805. The third kappa shape index (κ3) is 5.53. The molecule has 21 heavy (non-hydrogen) atoms. The van der Waals surface area contributed by atoms with E-state index in [1.54, 1.807) is 0 Å². The maximum atomic E-state index is 11.4. The smallest absolute Gasteiger partial charge is 0.211 e. The Morgan fingerprint density at radius 3 is 2.67 bits per heavy atom. The summed E-state index contributed by atoms with van der Waals surface area (Å²) in [4.78, 5) is 6.45. The molecule has 2 rings (SSSR count). The van der Waals surface area contributed by atoms with Crippen LogP contribution in [-0.2, 0) is 14.8 Å². The number of sulfonamides is 1. The van der Waals surface area contributed by atoms with Crippen LogP contribution in [0.2, 0.25) is 0 Å². The number of morpholine rings is 1. The van der Waals surface area contributed by atoms with Crippen LogP contribution in [0.4, 0.5) is 0 Å². The van der Waals surface area contributed by atoms with E-state index >= 15 is 0 Å². The summed E-state index contributed by atoms with van der Waals surface area (Å²) >= 11 is 0. The molecule has 0 aromatic carbocycles. The Bertz CT molecular complexity index is 471. The SMILES string of the molecule is CC1CN(C(N)=NCC2CCN(S(C)(=O)=O)C2)CCO1.I. The standard InChI is InChI=1S/C12H24N4O3S.HI/c1-10-8-15(5-6-19-10)12(13)14-7-11-3-4-16(9-11)20(2,17)18;/h10-11H,3-9H2,1-2H3,(H2,13,14);1H. The summed E-state index contributed by atoms with van der Waals surface area (Å²) < 4.78 is 29.9. The highest BCUT2D eigenvalue weighted by molar-refractivity contribution is 14.0. The second-order valence-corrected chi connectivity index (χ2v) is 7.58. The molecule has 7 nitrogen and oxygen atoms in total. The minimum absolute atomic E-state index is 0. The molecule has 2 N–H and O–H groups in total. The molecule has 0 spiro atoms. The Hall–Kier alpha value is -0.130. The van der Waals surface area contributed by atoms with Crippen molar-refractivity contribution in [1.29, 1.82) is 0 Å². The van der Waals surface area contributed by atoms with Crippen LogP contribution in [0.15, 0.2) is 4.99 Å². The fraction of sp³-hybridized carbons (Fsp3) is 0.917. The van der Waals surface area contributed by atoms with E-state index in [-0.39, 0.29) is 36.0 Å². The zero-order valence-corrected chi connectivity index (χ0v) is 15.7. The van der Waals surface area contributed by atoms with Crippen LogP contribution in [0.1, 0.15) is 13.3 Å². The minimum Gasteiger partial charge on any atom is -0.375 e. The van der Waals surface area contributed by atoms with Gasteiger partial charge in [-0.1, -0.05) is 0 Å². The summed E-state index contributed by atoms with van der Waals surface area (Å²) in [5.41, 5.74) is 6.00. The fourth-order valence-corrected chi connectivity index (χ4v) is 3.52. The molecule has 2 saturated heterocycles. The number of hydrogen-bond donors (Lipinski definition) is 1. The summed E-state index contributed by atoms with van der Waals surface area (Å²) in [6.45, 7) is 5.94. The summed E-state index contributed by atoms with van der Waals surface area (Å²) in [5, 5.41) is 0. The molecule has 2 aliphatic heterocycles. The monoisotopic (exact) mass is 432 g/mol. The predicted molar refractivity (Wildman–Crippen MR) is 93.4 cm³/mol. The van der Waals surface area contributed by atoms with Crippen molar-refractivity contribution in [3.05, 3.63) is 0 Å². The van der Waals surface area contributed by atoms with Gasteiger partial charge in [-0.25, -0.2) is 12.7 Å². The maximum Gasteiger partial charge on any atom is 0.211 e. The number of aliphatic imine (C=N–C) groups is 1. The number of nitrogens with two attached hydrogens (primary N) is 1. The lowest BCUT2D eigenvalue weighted by molar-refractivity contribution is 0.00528. The molecule has 2 fully saturated rings. The van der Waals surface area contributed by atoms with Crippen molar-refractivity contribution in [2.45, 2.75) is 19.4 Å². The van der Waals surface area contributed by atoms with E-state index in [0.29, 0.717) is 32.2 Å². The third-order valence-corrected chi connectivity index (χ3v) is 5.06. The molecule has 2 heterocycles. The number of halogens is 1. The normalized spacial score (nSPS) is 28.5. The van der Waals surface area contributed by atoms with Crippen molar-refractivity contribution in [2.24, 2.45) is 16.6 Å². The van der Waals surface area contributed by atoms with Gasteiger partial charge in [0.25, 0.3) is 0 Å². The van der Waals surface area contributed by atoms with E-state index in [4.69, 9.17) is 10.5 Å². The molecule has 0 aromatic heterocycles. The maximum absolute atomic E-state index is 11.4. The number of nitrogens with zero attached hydrogens (tertiary/aromatic N) is 3. The Morgan fingerprint density at radius 1 is 1.38 bits per heavy atom. The highest BCUT2D eigenvalue weighted by Gasteiger charge is 2.28. The van der Waals surface area contributed by atoms with Gasteiger partial charge in [-0.2, -0.15) is 0 Å². The van der Waals surface area contributed by atoms with Crippen molar-refractivity contribution < 1.29 is 13.2 Å². The molecule has 124 valence electrons. The Balaban J connectivity index is 0.00000220. The van der Waals surface area contributed by atoms with E-state index in [0.717, 1.165) is 19.5 Å². The summed E-state index contributed by atoms with van der Waals surface area (Å²) in [6.07, 6.45) is 2.27.